The van der Waals surface area contributed by atoms with Crippen LogP contribution in [0.1, 0.15) is 0 Å². The van der Waals surface area contributed by atoms with Crippen LogP contribution >= 0.6 is 0 Å². The summed E-state index contributed by atoms with van der Waals surface area (Å²) in [4.78, 5) is 1.59. The summed E-state index contributed by atoms with van der Waals surface area (Å²) in [5.74, 6) is 0. The molecule has 0 amide bonds. The third kappa shape index (κ3) is 0.889. The fourth-order valence-corrected chi connectivity index (χ4v) is 1.30. The summed E-state index contributed by atoms with van der Waals surface area (Å²) in [5.41, 5.74) is 7.28. The first kappa shape index (κ1) is 7.13. The molecule has 2 N–H and O–H groups in total. The first-order valence-corrected chi connectivity index (χ1v) is 4.09. The largest absolute Gasteiger partial charge is 0.249 e. The van der Waals surface area contributed by atoms with Gasteiger partial charge in [-0.2, -0.15) is 5.53 Å². The van der Waals surface area contributed by atoms with Crippen molar-refractivity contribution in [3.8, 4) is 0 Å². The molecule has 3 rings (SSSR count). The van der Waals surface area contributed by atoms with Gasteiger partial charge in [0.05, 0.1) is 0 Å². The molecular formula is C7H7N7. The van der Waals surface area contributed by atoms with Crippen LogP contribution in [0, 0.1) is 0 Å². The third-order valence-corrected chi connectivity index (χ3v) is 1.92. The minimum absolute atomic E-state index is 0.836. The van der Waals surface area contributed by atoms with Crippen molar-refractivity contribution in [2.75, 3.05) is 5.23 Å². The smallest absolute Gasteiger partial charge is 0.132 e. The molecule has 1 aromatic heterocycles. The topological polar surface area (TPSA) is 70.4 Å². The standard InChI is InChI=1S/C7H7N7/c1-2-4-7-6(3-1)10-12-13(7)14-9-5-8-11-14/h1-5,11H,(H,8,9). The molecule has 1 aliphatic heterocycles. The van der Waals surface area contributed by atoms with Crippen LogP contribution in [-0.4, -0.2) is 21.4 Å². The number of aromatic nitrogens is 3. The lowest BCUT2D eigenvalue weighted by Crippen LogP contribution is -2.48. The van der Waals surface area contributed by atoms with Crippen molar-refractivity contribution in [3.63, 3.8) is 0 Å². The Hall–Kier alpha value is -2.31. The van der Waals surface area contributed by atoms with Gasteiger partial charge in [0.25, 0.3) is 0 Å². The van der Waals surface area contributed by atoms with Crippen molar-refractivity contribution in [2.24, 2.45) is 5.10 Å². The maximum Gasteiger partial charge on any atom is 0.132 e. The van der Waals surface area contributed by atoms with Gasteiger partial charge in [0.1, 0.15) is 17.4 Å². The summed E-state index contributed by atoms with van der Waals surface area (Å²) in [7, 11) is 0. The van der Waals surface area contributed by atoms with Crippen LogP contribution in [0.15, 0.2) is 29.4 Å². The van der Waals surface area contributed by atoms with Gasteiger partial charge in [0.2, 0.25) is 0 Å². The SMILES string of the molecule is C1=NNN(n2nnc3ccccc32)N1. The zero-order chi connectivity index (χ0) is 9.38. The Morgan fingerprint density at radius 1 is 1.21 bits per heavy atom. The summed E-state index contributed by atoms with van der Waals surface area (Å²) in [6.45, 7) is 0. The Morgan fingerprint density at radius 2 is 2.14 bits per heavy atom. The number of fused-ring (bicyclic) bond motifs is 1. The summed E-state index contributed by atoms with van der Waals surface area (Å²) >= 11 is 0. The third-order valence-electron chi connectivity index (χ3n) is 1.92. The van der Waals surface area contributed by atoms with E-state index in [0.717, 1.165) is 11.0 Å². The molecule has 0 bridgehead atoms. The number of benzene rings is 1. The van der Waals surface area contributed by atoms with E-state index in [0.29, 0.717) is 0 Å². The molecule has 0 atom stereocenters. The molecule has 0 fully saturated rings. The second-order valence-corrected chi connectivity index (χ2v) is 2.77. The van der Waals surface area contributed by atoms with Crippen LogP contribution < -0.4 is 16.2 Å². The monoisotopic (exact) mass is 189 g/mol. The average Bonchev–Trinajstić information content (AvgIpc) is 2.85. The van der Waals surface area contributed by atoms with Gasteiger partial charge in [-0.3, -0.25) is 0 Å². The van der Waals surface area contributed by atoms with Crippen LogP contribution in [0.2, 0.25) is 0 Å². The Kier molecular flexibility index (Phi) is 1.32. The van der Waals surface area contributed by atoms with Crippen molar-refractivity contribution in [3.05, 3.63) is 24.3 Å². The molecule has 0 aliphatic carbocycles. The van der Waals surface area contributed by atoms with Crippen molar-refractivity contribution in [1.82, 2.24) is 26.1 Å². The van der Waals surface area contributed by atoms with E-state index in [1.165, 1.54) is 11.6 Å². The Bertz CT molecular complexity index is 479. The summed E-state index contributed by atoms with van der Waals surface area (Å²) in [6, 6.07) is 7.68. The first-order chi connectivity index (χ1) is 6.95. The Morgan fingerprint density at radius 3 is 3.00 bits per heavy atom. The molecule has 1 aromatic carbocycles. The first-order valence-electron chi connectivity index (χ1n) is 4.09. The molecular weight excluding hydrogens is 182 g/mol. The number of hydrazine groups is 2. The molecule has 0 spiro atoms. The fraction of sp³-hybridized carbons (Fsp3) is 0. The predicted molar refractivity (Wildman–Crippen MR) is 50.5 cm³/mol. The van der Waals surface area contributed by atoms with Gasteiger partial charge >= 0.3 is 0 Å². The molecule has 0 saturated carbocycles. The second-order valence-electron chi connectivity index (χ2n) is 2.77. The molecule has 0 radical (unpaired) electrons. The van der Waals surface area contributed by atoms with E-state index in [1.807, 2.05) is 24.3 Å². The number of hydrogen-bond donors (Lipinski definition) is 2. The predicted octanol–water partition coefficient (Wildman–Crippen LogP) is -0.665. The molecule has 70 valence electrons. The van der Waals surface area contributed by atoms with E-state index in [2.05, 4.69) is 26.4 Å². The molecule has 0 unspecified atom stereocenters. The van der Waals surface area contributed by atoms with E-state index < -0.39 is 0 Å². The molecule has 7 nitrogen and oxygen atoms in total. The summed E-state index contributed by atoms with van der Waals surface area (Å²) in [5, 5.41) is 13.3. The maximum atomic E-state index is 4.00. The van der Waals surface area contributed by atoms with Crippen LogP contribution in [0.25, 0.3) is 11.0 Å². The van der Waals surface area contributed by atoms with Crippen molar-refractivity contribution < 1.29 is 0 Å². The molecule has 14 heavy (non-hydrogen) atoms. The lowest BCUT2D eigenvalue weighted by molar-refractivity contribution is 0.457. The molecule has 7 heteroatoms. The average molecular weight is 189 g/mol. The van der Waals surface area contributed by atoms with Gasteiger partial charge in [0, 0.05) is 0 Å². The lowest BCUT2D eigenvalue weighted by atomic mass is 10.3. The number of nitrogens with one attached hydrogen (secondary N) is 2. The van der Waals surface area contributed by atoms with E-state index in [1.54, 1.807) is 4.79 Å². The van der Waals surface area contributed by atoms with E-state index in [9.17, 15) is 0 Å². The van der Waals surface area contributed by atoms with Crippen LogP contribution in [0.4, 0.5) is 0 Å². The van der Waals surface area contributed by atoms with E-state index in [-0.39, 0.29) is 0 Å². The lowest BCUT2D eigenvalue weighted by Gasteiger charge is -2.15. The number of nitrogens with zero attached hydrogens (tertiary/aromatic N) is 5. The highest BCUT2D eigenvalue weighted by Gasteiger charge is 2.11. The quantitative estimate of drug-likeness (QED) is 0.623. The second kappa shape index (κ2) is 2.59. The van der Waals surface area contributed by atoms with Gasteiger partial charge in [-0.1, -0.05) is 17.4 Å². The number of rotatable bonds is 1. The van der Waals surface area contributed by atoms with Gasteiger partial charge in [-0.25, -0.2) is 5.43 Å². The van der Waals surface area contributed by atoms with Crippen molar-refractivity contribution >= 4 is 17.4 Å². The Balaban J connectivity index is 2.12. The number of para-hydroxylation sites is 1. The zero-order valence-corrected chi connectivity index (χ0v) is 7.12. The molecule has 2 aromatic rings. The minimum Gasteiger partial charge on any atom is -0.249 e. The summed E-state index contributed by atoms with van der Waals surface area (Å²) < 4.78 is 0. The van der Waals surface area contributed by atoms with E-state index in [4.69, 9.17) is 0 Å². The zero-order valence-electron chi connectivity index (χ0n) is 7.12. The molecule has 0 saturated heterocycles. The normalized spacial score (nSPS) is 14.4. The highest BCUT2D eigenvalue weighted by molar-refractivity contribution is 5.74. The highest BCUT2D eigenvalue weighted by Crippen LogP contribution is 2.08. The minimum atomic E-state index is 0.836. The Labute approximate surface area is 78.9 Å². The van der Waals surface area contributed by atoms with E-state index >= 15 is 0 Å². The number of hydrazone groups is 1. The molecule has 2 heterocycles. The van der Waals surface area contributed by atoms with Crippen molar-refractivity contribution in [1.29, 1.82) is 0 Å². The van der Waals surface area contributed by atoms with Gasteiger partial charge in [-0.05, 0) is 17.3 Å². The van der Waals surface area contributed by atoms with Crippen LogP contribution in [0.5, 0.6) is 0 Å². The fourth-order valence-electron chi connectivity index (χ4n) is 1.30. The van der Waals surface area contributed by atoms with Gasteiger partial charge < -0.3 is 0 Å². The van der Waals surface area contributed by atoms with Gasteiger partial charge in [-0.15, -0.1) is 15.0 Å². The van der Waals surface area contributed by atoms with Gasteiger partial charge in [0.15, 0.2) is 0 Å². The van der Waals surface area contributed by atoms with Crippen LogP contribution in [0.3, 0.4) is 0 Å². The van der Waals surface area contributed by atoms with Crippen molar-refractivity contribution in [2.45, 2.75) is 0 Å². The van der Waals surface area contributed by atoms with Crippen LogP contribution in [-0.2, 0) is 0 Å². The highest BCUT2D eigenvalue weighted by atomic mass is 16.0. The number of hydrogen-bond acceptors (Lipinski definition) is 6. The molecule has 1 aliphatic rings. The maximum absolute atomic E-state index is 4.00. The summed E-state index contributed by atoms with van der Waals surface area (Å²) in [6.07, 6.45) is 1.52.